The van der Waals surface area contributed by atoms with Gasteiger partial charge in [-0.15, -0.1) is 0 Å². The first kappa shape index (κ1) is 12.1. The molecule has 0 fully saturated rings. The first-order valence-corrected chi connectivity index (χ1v) is 6.43. The molecule has 2 heteroatoms. The summed E-state index contributed by atoms with van der Waals surface area (Å²) in [6.45, 7) is 5.39. The summed E-state index contributed by atoms with van der Waals surface area (Å²) in [6.07, 6.45) is 4.27. The van der Waals surface area contributed by atoms with Crippen molar-refractivity contribution in [3.8, 4) is 0 Å². The first-order valence-electron chi connectivity index (χ1n) is 6.43. The summed E-state index contributed by atoms with van der Waals surface area (Å²) in [5, 5.41) is 4.84. The average molecular weight is 228 g/mol. The van der Waals surface area contributed by atoms with Crippen LogP contribution in [0.3, 0.4) is 0 Å². The van der Waals surface area contributed by atoms with Gasteiger partial charge in [0.2, 0.25) is 0 Å². The van der Waals surface area contributed by atoms with E-state index in [4.69, 9.17) is 0 Å². The lowest BCUT2D eigenvalue weighted by Crippen LogP contribution is -2.21. The van der Waals surface area contributed by atoms with E-state index in [0.29, 0.717) is 6.04 Å². The van der Waals surface area contributed by atoms with Gasteiger partial charge >= 0.3 is 0 Å². The van der Waals surface area contributed by atoms with Crippen LogP contribution < -0.4 is 5.32 Å². The van der Waals surface area contributed by atoms with Gasteiger partial charge in [0.25, 0.3) is 0 Å². The van der Waals surface area contributed by atoms with E-state index < -0.39 is 0 Å². The highest BCUT2D eigenvalue weighted by Crippen LogP contribution is 2.25. The topological polar surface area (TPSA) is 24.9 Å². The van der Waals surface area contributed by atoms with Gasteiger partial charge in [-0.3, -0.25) is 4.98 Å². The molecule has 1 N–H and O–H groups in total. The minimum absolute atomic E-state index is 0.442. The molecule has 1 atom stereocenters. The minimum atomic E-state index is 0.442. The van der Waals surface area contributed by atoms with Gasteiger partial charge in [0.15, 0.2) is 0 Å². The molecule has 0 saturated carbocycles. The minimum Gasteiger partial charge on any atom is -0.310 e. The Kier molecular flexibility index (Phi) is 4.10. The van der Waals surface area contributed by atoms with Crippen molar-refractivity contribution in [2.45, 2.75) is 32.7 Å². The monoisotopic (exact) mass is 228 g/mol. The smallest absolute Gasteiger partial charge is 0.0705 e. The molecule has 0 amide bonds. The number of hydrogen-bond acceptors (Lipinski definition) is 2. The van der Waals surface area contributed by atoms with Crippen molar-refractivity contribution in [2.24, 2.45) is 0 Å². The number of fused-ring (bicyclic) bond motifs is 1. The average Bonchev–Trinajstić information content (AvgIpc) is 2.38. The molecule has 2 aromatic rings. The van der Waals surface area contributed by atoms with Gasteiger partial charge in [0.05, 0.1) is 5.52 Å². The molecule has 2 rings (SSSR count). The second kappa shape index (κ2) is 5.78. The second-order valence-corrected chi connectivity index (χ2v) is 4.32. The number of nitrogens with zero attached hydrogens (tertiary/aromatic N) is 1. The van der Waals surface area contributed by atoms with Crippen molar-refractivity contribution in [2.75, 3.05) is 6.54 Å². The van der Waals surface area contributed by atoms with Crippen molar-refractivity contribution >= 4 is 10.9 Å². The highest BCUT2D eigenvalue weighted by molar-refractivity contribution is 5.82. The van der Waals surface area contributed by atoms with E-state index in [1.54, 1.807) is 0 Å². The summed E-state index contributed by atoms with van der Waals surface area (Å²) < 4.78 is 0. The maximum Gasteiger partial charge on any atom is 0.0705 e. The summed E-state index contributed by atoms with van der Waals surface area (Å²) in [5.41, 5.74) is 2.46. The van der Waals surface area contributed by atoms with E-state index in [0.717, 1.165) is 12.1 Å². The Morgan fingerprint density at radius 2 is 2.00 bits per heavy atom. The Balaban J connectivity index is 2.44. The molecule has 1 aromatic carbocycles. The molecule has 1 aromatic heterocycles. The molecule has 0 radical (unpaired) electrons. The zero-order chi connectivity index (χ0) is 12.1. The molecule has 0 spiro atoms. The Hall–Kier alpha value is -1.41. The summed E-state index contributed by atoms with van der Waals surface area (Å²) in [7, 11) is 0. The molecule has 17 heavy (non-hydrogen) atoms. The van der Waals surface area contributed by atoms with Crippen LogP contribution >= 0.6 is 0 Å². The third-order valence-electron chi connectivity index (χ3n) is 3.09. The molecule has 1 heterocycles. The first-order chi connectivity index (χ1) is 8.36. The van der Waals surface area contributed by atoms with Crippen LogP contribution in [0, 0.1) is 0 Å². The van der Waals surface area contributed by atoms with Gasteiger partial charge in [0, 0.05) is 17.6 Å². The number of hydrogen-bond donors (Lipinski definition) is 1. The number of aromatic nitrogens is 1. The van der Waals surface area contributed by atoms with Crippen LogP contribution in [0.25, 0.3) is 10.9 Å². The summed E-state index contributed by atoms with van der Waals surface area (Å²) in [5.74, 6) is 0. The van der Waals surface area contributed by atoms with Crippen LogP contribution in [0.4, 0.5) is 0 Å². The standard InChI is InChI=1S/C15H20N2/c1-3-7-14(16-4-2)13-10-11-17-15-9-6-5-8-12(13)15/h5-6,8-11,14,16H,3-4,7H2,1-2H3. The van der Waals surface area contributed by atoms with Crippen LogP contribution in [0.5, 0.6) is 0 Å². The number of pyridine rings is 1. The Morgan fingerprint density at radius 3 is 2.76 bits per heavy atom. The Labute approximate surface area is 103 Å². The van der Waals surface area contributed by atoms with E-state index in [1.165, 1.54) is 23.8 Å². The summed E-state index contributed by atoms with van der Waals surface area (Å²) in [6, 6.07) is 11.0. The fraction of sp³-hybridized carbons (Fsp3) is 0.400. The molecule has 0 aliphatic rings. The molecular formula is C15H20N2. The van der Waals surface area contributed by atoms with Crippen molar-refractivity contribution in [1.82, 2.24) is 10.3 Å². The number of benzene rings is 1. The van der Waals surface area contributed by atoms with Crippen molar-refractivity contribution < 1.29 is 0 Å². The Bertz CT molecular complexity index is 468. The van der Waals surface area contributed by atoms with Gasteiger partial charge in [0.1, 0.15) is 0 Å². The second-order valence-electron chi connectivity index (χ2n) is 4.32. The maximum absolute atomic E-state index is 4.42. The van der Waals surface area contributed by atoms with Crippen LogP contribution in [0.2, 0.25) is 0 Å². The van der Waals surface area contributed by atoms with Crippen LogP contribution in [-0.2, 0) is 0 Å². The molecule has 0 aliphatic carbocycles. The molecule has 0 aliphatic heterocycles. The van der Waals surface area contributed by atoms with Crippen molar-refractivity contribution in [3.63, 3.8) is 0 Å². The van der Waals surface area contributed by atoms with Gasteiger partial charge in [-0.05, 0) is 30.7 Å². The van der Waals surface area contributed by atoms with Gasteiger partial charge in [-0.2, -0.15) is 0 Å². The van der Waals surface area contributed by atoms with Gasteiger partial charge in [-0.1, -0.05) is 38.5 Å². The predicted molar refractivity (Wildman–Crippen MR) is 73.1 cm³/mol. The van der Waals surface area contributed by atoms with Crippen molar-refractivity contribution in [3.05, 3.63) is 42.1 Å². The zero-order valence-electron chi connectivity index (χ0n) is 10.6. The van der Waals surface area contributed by atoms with Crippen LogP contribution in [0.1, 0.15) is 38.3 Å². The SMILES string of the molecule is CCCC(NCC)c1ccnc2ccccc12. The zero-order valence-corrected chi connectivity index (χ0v) is 10.6. The molecule has 0 bridgehead atoms. The third-order valence-corrected chi connectivity index (χ3v) is 3.09. The van der Waals surface area contributed by atoms with E-state index in [9.17, 15) is 0 Å². The largest absolute Gasteiger partial charge is 0.310 e. The van der Waals surface area contributed by atoms with Crippen LogP contribution in [0.15, 0.2) is 36.5 Å². The van der Waals surface area contributed by atoms with Gasteiger partial charge in [-0.25, -0.2) is 0 Å². The van der Waals surface area contributed by atoms with E-state index >= 15 is 0 Å². The molecule has 1 unspecified atom stereocenters. The molecule has 90 valence electrons. The fourth-order valence-electron chi connectivity index (χ4n) is 2.32. The number of nitrogens with one attached hydrogen (secondary N) is 1. The van der Waals surface area contributed by atoms with Crippen molar-refractivity contribution in [1.29, 1.82) is 0 Å². The number of para-hydroxylation sites is 1. The van der Waals surface area contributed by atoms with E-state index in [-0.39, 0.29) is 0 Å². The molecule has 0 saturated heterocycles. The predicted octanol–water partition coefficient (Wildman–Crippen LogP) is 3.69. The lowest BCUT2D eigenvalue weighted by molar-refractivity contribution is 0.512. The normalized spacial score (nSPS) is 12.8. The third kappa shape index (κ3) is 2.64. The Morgan fingerprint density at radius 1 is 1.18 bits per heavy atom. The van der Waals surface area contributed by atoms with Gasteiger partial charge < -0.3 is 5.32 Å². The molecule has 2 nitrogen and oxygen atoms in total. The van der Waals surface area contributed by atoms with E-state index in [2.05, 4.69) is 48.4 Å². The highest BCUT2D eigenvalue weighted by Gasteiger charge is 2.12. The van der Waals surface area contributed by atoms with Crippen LogP contribution in [-0.4, -0.2) is 11.5 Å². The summed E-state index contributed by atoms with van der Waals surface area (Å²) >= 11 is 0. The summed E-state index contributed by atoms with van der Waals surface area (Å²) in [4.78, 5) is 4.42. The highest BCUT2D eigenvalue weighted by atomic mass is 14.9. The molecular weight excluding hydrogens is 208 g/mol. The maximum atomic E-state index is 4.42. The lowest BCUT2D eigenvalue weighted by Gasteiger charge is -2.19. The quantitative estimate of drug-likeness (QED) is 0.844. The fourth-order valence-corrected chi connectivity index (χ4v) is 2.32. The number of rotatable bonds is 5. The lowest BCUT2D eigenvalue weighted by atomic mass is 9.98. The van der Waals surface area contributed by atoms with E-state index in [1.807, 2.05) is 12.3 Å².